The summed E-state index contributed by atoms with van der Waals surface area (Å²) in [5, 5.41) is 14.1. The second kappa shape index (κ2) is 8.23. The first-order valence-electron chi connectivity index (χ1n) is 8.55. The summed E-state index contributed by atoms with van der Waals surface area (Å²) in [6.45, 7) is 4.02. The minimum atomic E-state index is -0.485. The molecule has 3 aromatic rings. The van der Waals surface area contributed by atoms with E-state index >= 15 is 0 Å². The number of esters is 1. The lowest BCUT2D eigenvalue weighted by Gasteiger charge is -2.15. The van der Waals surface area contributed by atoms with Crippen LogP contribution in [0.3, 0.4) is 0 Å². The van der Waals surface area contributed by atoms with E-state index in [-0.39, 0.29) is 5.69 Å². The van der Waals surface area contributed by atoms with Crippen LogP contribution >= 0.6 is 0 Å². The minimum Gasteiger partial charge on any atom is -0.495 e. The van der Waals surface area contributed by atoms with Gasteiger partial charge in [-0.2, -0.15) is 5.26 Å². The van der Waals surface area contributed by atoms with Gasteiger partial charge in [-0.15, -0.1) is 0 Å². The van der Waals surface area contributed by atoms with Gasteiger partial charge in [0, 0.05) is 23.1 Å². The van der Waals surface area contributed by atoms with E-state index in [0.29, 0.717) is 23.6 Å². The molecule has 6 heteroatoms. The van der Waals surface area contributed by atoms with Gasteiger partial charge in [0.2, 0.25) is 0 Å². The van der Waals surface area contributed by atoms with Gasteiger partial charge in [0.1, 0.15) is 11.4 Å². The highest BCUT2D eigenvalue weighted by Gasteiger charge is 2.12. The van der Waals surface area contributed by atoms with Crippen molar-refractivity contribution in [2.45, 2.75) is 0 Å². The van der Waals surface area contributed by atoms with Crippen molar-refractivity contribution in [2.24, 2.45) is 0 Å². The van der Waals surface area contributed by atoms with Crippen molar-refractivity contribution in [3.05, 3.63) is 66.4 Å². The molecule has 140 valence electrons. The van der Waals surface area contributed by atoms with Crippen LogP contribution in [0.2, 0.25) is 0 Å². The molecule has 1 heterocycles. The summed E-state index contributed by atoms with van der Waals surface area (Å²) in [5.41, 5.74) is 2.92. The van der Waals surface area contributed by atoms with Crippen molar-refractivity contribution in [3.8, 4) is 23.1 Å². The minimum absolute atomic E-state index is 0.245. The molecule has 0 saturated carbocycles. The number of pyridine rings is 1. The van der Waals surface area contributed by atoms with Gasteiger partial charge >= 0.3 is 5.97 Å². The van der Waals surface area contributed by atoms with Crippen molar-refractivity contribution >= 4 is 22.4 Å². The second-order valence-corrected chi connectivity index (χ2v) is 6.05. The molecule has 2 aromatic carbocycles. The van der Waals surface area contributed by atoms with E-state index in [9.17, 15) is 4.79 Å². The molecule has 0 saturated heterocycles. The zero-order chi connectivity index (χ0) is 20.1. The predicted molar refractivity (Wildman–Crippen MR) is 108 cm³/mol. The standard InChI is InChI=1S/C22H19N3O3/c1-14(12-23)13-24-21-17-11-16(8-7-15(17)9-10-20(21)27-2)18-5-4-6-19(25-18)22(26)28-3/h4-11,24H,1,13H2,2-3H3. The van der Waals surface area contributed by atoms with Crippen LogP contribution in [-0.4, -0.2) is 31.7 Å². The molecule has 0 atom stereocenters. The molecule has 0 bridgehead atoms. The van der Waals surface area contributed by atoms with E-state index in [1.165, 1.54) is 7.11 Å². The van der Waals surface area contributed by atoms with Crippen LogP contribution < -0.4 is 10.1 Å². The van der Waals surface area contributed by atoms with Crippen LogP contribution in [0.15, 0.2) is 60.7 Å². The largest absolute Gasteiger partial charge is 0.495 e. The number of hydrogen-bond acceptors (Lipinski definition) is 6. The van der Waals surface area contributed by atoms with Crippen molar-refractivity contribution in [2.75, 3.05) is 26.1 Å². The fraction of sp³-hybridized carbons (Fsp3) is 0.136. The molecule has 28 heavy (non-hydrogen) atoms. The Morgan fingerprint density at radius 1 is 1.21 bits per heavy atom. The summed E-state index contributed by atoms with van der Waals surface area (Å²) in [6, 6.07) is 17.0. The third-order valence-corrected chi connectivity index (χ3v) is 4.28. The highest BCUT2D eigenvalue weighted by atomic mass is 16.5. The molecule has 0 radical (unpaired) electrons. The van der Waals surface area contributed by atoms with Crippen LogP contribution in [-0.2, 0) is 4.74 Å². The first kappa shape index (κ1) is 18.9. The number of nitrogens with one attached hydrogen (secondary N) is 1. The molecule has 3 rings (SSSR count). The van der Waals surface area contributed by atoms with Gasteiger partial charge < -0.3 is 14.8 Å². The Bertz CT molecular complexity index is 1100. The Hall–Kier alpha value is -3.85. The number of carbonyl (C=O) groups excluding carboxylic acids is 1. The van der Waals surface area contributed by atoms with Crippen molar-refractivity contribution in [3.63, 3.8) is 0 Å². The molecule has 0 amide bonds. The van der Waals surface area contributed by atoms with Crippen LogP contribution in [0, 0.1) is 11.3 Å². The fourth-order valence-corrected chi connectivity index (χ4v) is 2.86. The number of fused-ring (bicyclic) bond motifs is 1. The molecule has 1 aromatic heterocycles. The SMILES string of the molecule is C=C(C#N)CNc1c(OC)ccc2ccc(-c3cccc(C(=O)OC)n3)cc12. The Morgan fingerprint density at radius 2 is 2.00 bits per heavy atom. The summed E-state index contributed by atoms with van der Waals surface area (Å²) in [4.78, 5) is 16.2. The summed E-state index contributed by atoms with van der Waals surface area (Å²) in [6.07, 6.45) is 0. The monoisotopic (exact) mass is 373 g/mol. The number of anilines is 1. The highest BCUT2D eigenvalue weighted by molar-refractivity contribution is 5.99. The van der Waals surface area contributed by atoms with Gasteiger partial charge in [0.25, 0.3) is 0 Å². The first-order valence-corrected chi connectivity index (χ1v) is 8.55. The molecule has 0 aliphatic rings. The van der Waals surface area contributed by atoms with E-state index in [1.807, 2.05) is 42.5 Å². The summed E-state index contributed by atoms with van der Waals surface area (Å²) in [5.74, 6) is 0.174. The molecule has 0 unspecified atom stereocenters. The van der Waals surface area contributed by atoms with Gasteiger partial charge in [-0.1, -0.05) is 30.8 Å². The van der Waals surface area contributed by atoms with E-state index < -0.39 is 5.97 Å². The lowest BCUT2D eigenvalue weighted by Crippen LogP contribution is -2.05. The molecule has 0 spiro atoms. The lowest BCUT2D eigenvalue weighted by molar-refractivity contribution is 0.0594. The van der Waals surface area contributed by atoms with Crippen LogP contribution in [0.1, 0.15) is 10.5 Å². The Labute approximate surface area is 163 Å². The second-order valence-electron chi connectivity index (χ2n) is 6.05. The maximum absolute atomic E-state index is 11.8. The summed E-state index contributed by atoms with van der Waals surface area (Å²) >= 11 is 0. The number of nitriles is 1. The summed E-state index contributed by atoms with van der Waals surface area (Å²) in [7, 11) is 2.92. The number of hydrogen-bond donors (Lipinski definition) is 1. The first-order chi connectivity index (χ1) is 13.6. The zero-order valence-electron chi connectivity index (χ0n) is 15.7. The quantitative estimate of drug-likeness (QED) is 0.515. The Morgan fingerprint density at radius 3 is 2.71 bits per heavy atom. The number of carbonyl (C=O) groups is 1. The van der Waals surface area contributed by atoms with Gasteiger partial charge in [-0.05, 0) is 29.7 Å². The van der Waals surface area contributed by atoms with E-state index in [0.717, 1.165) is 22.0 Å². The van der Waals surface area contributed by atoms with Crippen LogP contribution in [0.25, 0.3) is 22.0 Å². The lowest BCUT2D eigenvalue weighted by atomic mass is 10.0. The van der Waals surface area contributed by atoms with E-state index in [1.54, 1.807) is 19.2 Å². The third-order valence-electron chi connectivity index (χ3n) is 4.28. The van der Waals surface area contributed by atoms with Gasteiger partial charge in [-0.3, -0.25) is 0 Å². The number of ether oxygens (including phenoxy) is 2. The molecule has 0 aliphatic heterocycles. The molecule has 0 fully saturated rings. The Kier molecular flexibility index (Phi) is 5.56. The molecular formula is C22H19N3O3. The number of benzene rings is 2. The fourth-order valence-electron chi connectivity index (χ4n) is 2.86. The van der Waals surface area contributed by atoms with E-state index in [4.69, 9.17) is 14.7 Å². The van der Waals surface area contributed by atoms with Crippen molar-refractivity contribution in [1.29, 1.82) is 5.26 Å². The summed E-state index contributed by atoms with van der Waals surface area (Å²) < 4.78 is 10.2. The van der Waals surface area contributed by atoms with E-state index in [2.05, 4.69) is 16.9 Å². The van der Waals surface area contributed by atoms with Crippen LogP contribution in [0.4, 0.5) is 5.69 Å². The number of nitrogens with zero attached hydrogens (tertiary/aromatic N) is 2. The average Bonchev–Trinajstić information content (AvgIpc) is 2.76. The predicted octanol–water partition coefficient (Wildman–Crippen LogP) is 4.19. The van der Waals surface area contributed by atoms with Gasteiger partial charge in [0.15, 0.2) is 0 Å². The van der Waals surface area contributed by atoms with Gasteiger partial charge in [-0.25, -0.2) is 9.78 Å². The molecule has 0 aliphatic carbocycles. The topological polar surface area (TPSA) is 84.2 Å². The van der Waals surface area contributed by atoms with Crippen LogP contribution in [0.5, 0.6) is 5.75 Å². The number of rotatable bonds is 6. The Balaban J connectivity index is 2.10. The average molecular weight is 373 g/mol. The third kappa shape index (κ3) is 3.79. The normalized spacial score (nSPS) is 10.2. The maximum atomic E-state index is 11.8. The van der Waals surface area contributed by atoms with Crippen molar-refractivity contribution < 1.29 is 14.3 Å². The van der Waals surface area contributed by atoms with Crippen molar-refractivity contribution in [1.82, 2.24) is 4.98 Å². The highest BCUT2D eigenvalue weighted by Crippen LogP contribution is 2.35. The maximum Gasteiger partial charge on any atom is 0.356 e. The number of aromatic nitrogens is 1. The molecule has 1 N–H and O–H groups in total. The number of methoxy groups -OCH3 is 2. The molecule has 6 nitrogen and oxygen atoms in total. The van der Waals surface area contributed by atoms with Gasteiger partial charge in [0.05, 0.1) is 31.7 Å². The molecular weight excluding hydrogens is 354 g/mol. The zero-order valence-corrected chi connectivity index (χ0v) is 15.7. The smallest absolute Gasteiger partial charge is 0.356 e.